The number of benzene rings is 1. The molecule has 1 rings (SSSR count). The zero-order chi connectivity index (χ0) is 18.8. The maximum absolute atomic E-state index is 12.2. The van der Waals surface area contributed by atoms with E-state index in [-0.39, 0.29) is 24.9 Å². The first-order valence-corrected chi connectivity index (χ1v) is 9.06. The molecule has 0 aromatic heterocycles. The van der Waals surface area contributed by atoms with E-state index in [0.717, 1.165) is 17.9 Å². The van der Waals surface area contributed by atoms with Gasteiger partial charge in [0.25, 0.3) is 0 Å². The highest BCUT2D eigenvalue weighted by molar-refractivity contribution is 5.92. The van der Waals surface area contributed by atoms with Gasteiger partial charge in [0.15, 0.2) is 0 Å². The van der Waals surface area contributed by atoms with Crippen LogP contribution in [0.1, 0.15) is 34.6 Å². The zero-order valence-electron chi connectivity index (χ0n) is 16.1. The van der Waals surface area contributed by atoms with Gasteiger partial charge in [-0.15, -0.1) is 0 Å². The van der Waals surface area contributed by atoms with E-state index in [0.29, 0.717) is 19.1 Å². The first-order valence-electron chi connectivity index (χ1n) is 9.06. The van der Waals surface area contributed by atoms with E-state index in [4.69, 9.17) is 0 Å². The fourth-order valence-corrected chi connectivity index (χ4v) is 2.72. The maximum atomic E-state index is 12.2. The molecule has 25 heavy (non-hydrogen) atoms. The van der Waals surface area contributed by atoms with Crippen molar-refractivity contribution in [3.63, 3.8) is 0 Å². The highest BCUT2D eigenvalue weighted by Gasteiger charge is 2.13. The van der Waals surface area contributed by atoms with Crippen molar-refractivity contribution in [3.05, 3.63) is 24.3 Å². The van der Waals surface area contributed by atoms with Gasteiger partial charge in [-0.05, 0) is 58.5 Å². The average molecular weight is 348 g/mol. The van der Waals surface area contributed by atoms with Gasteiger partial charge in [0.05, 0.1) is 13.1 Å². The Balaban J connectivity index is 2.60. The summed E-state index contributed by atoms with van der Waals surface area (Å²) in [6.07, 6.45) is 0. The minimum Gasteiger partial charge on any atom is -0.369 e. The number of anilines is 2. The molecule has 0 spiro atoms. The van der Waals surface area contributed by atoms with Crippen molar-refractivity contribution in [2.45, 2.75) is 40.7 Å². The minimum atomic E-state index is -0.116. The summed E-state index contributed by atoms with van der Waals surface area (Å²) >= 11 is 0. The van der Waals surface area contributed by atoms with E-state index in [9.17, 15) is 9.59 Å². The molecule has 2 N–H and O–H groups in total. The number of carbonyl (C=O) groups is 2. The Morgan fingerprint density at radius 2 is 1.56 bits per heavy atom. The van der Waals surface area contributed by atoms with Crippen LogP contribution in [-0.2, 0) is 9.59 Å². The highest BCUT2D eigenvalue weighted by Crippen LogP contribution is 2.19. The van der Waals surface area contributed by atoms with Crippen LogP contribution in [0.25, 0.3) is 0 Å². The second-order valence-electron chi connectivity index (χ2n) is 6.23. The van der Waals surface area contributed by atoms with Crippen molar-refractivity contribution in [3.8, 4) is 0 Å². The molecule has 0 heterocycles. The van der Waals surface area contributed by atoms with Crippen molar-refractivity contribution in [1.82, 2.24) is 10.2 Å². The number of nitrogens with zero attached hydrogens (tertiary/aromatic N) is 2. The van der Waals surface area contributed by atoms with E-state index in [2.05, 4.69) is 36.3 Å². The van der Waals surface area contributed by atoms with Gasteiger partial charge in [-0.25, -0.2) is 0 Å². The van der Waals surface area contributed by atoms with Crippen molar-refractivity contribution in [1.29, 1.82) is 0 Å². The van der Waals surface area contributed by atoms with Crippen LogP contribution in [0.15, 0.2) is 24.3 Å². The summed E-state index contributed by atoms with van der Waals surface area (Å²) in [7, 11) is 0. The van der Waals surface area contributed by atoms with Gasteiger partial charge in [-0.2, -0.15) is 0 Å². The molecular weight excluding hydrogens is 316 g/mol. The van der Waals surface area contributed by atoms with Crippen LogP contribution < -0.4 is 15.5 Å². The van der Waals surface area contributed by atoms with Crippen LogP contribution in [-0.4, -0.2) is 55.5 Å². The summed E-state index contributed by atoms with van der Waals surface area (Å²) < 4.78 is 0. The SMILES string of the molecule is CCNC(=O)CN(CC)CC(=O)Nc1ccc(N(CC)C(C)C)cc1. The van der Waals surface area contributed by atoms with Gasteiger partial charge in [0.1, 0.15) is 0 Å². The molecule has 6 heteroatoms. The second kappa shape index (κ2) is 10.7. The molecule has 1 aromatic rings. The molecule has 0 aliphatic carbocycles. The molecule has 0 radical (unpaired) electrons. The Labute approximate surface area is 151 Å². The number of hydrogen-bond acceptors (Lipinski definition) is 4. The van der Waals surface area contributed by atoms with Gasteiger partial charge < -0.3 is 15.5 Å². The van der Waals surface area contributed by atoms with E-state index < -0.39 is 0 Å². The van der Waals surface area contributed by atoms with Crippen LogP contribution in [0.2, 0.25) is 0 Å². The lowest BCUT2D eigenvalue weighted by Gasteiger charge is -2.27. The number of likely N-dealkylation sites (N-methyl/N-ethyl adjacent to an activating group) is 2. The van der Waals surface area contributed by atoms with E-state index in [1.807, 2.05) is 43.0 Å². The Morgan fingerprint density at radius 1 is 0.960 bits per heavy atom. The van der Waals surface area contributed by atoms with E-state index in [1.165, 1.54) is 0 Å². The molecule has 0 saturated heterocycles. The third-order valence-corrected chi connectivity index (χ3v) is 4.00. The molecule has 0 saturated carbocycles. The second-order valence-corrected chi connectivity index (χ2v) is 6.23. The lowest BCUT2D eigenvalue weighted by molar-refractivity contribution is -0.123. The zero-order valence-corrected chi connectivity index (χ0v) is 16.1. The molecule has 1 aromatic carbocycles. The topological polar surface area (TPSA) is 64.7 Å². The third-order valence-electron chi connectivity index (χ3n) is 4.00. The van der Waals surface area contributed by atoms with E-state index in [1.54, 1.807) is 0 Å². The Kier molecular flexibility index (Phi) is 8.99. The van der Waals surface area contributed by atoms with Crippen molar-refractivity contribution >= 4 is 23.2 Å². The van der Waals surface area contributed by atoms with Crippen LogP contribution in [0.3, 0.4) is 0 Å². The third kappa shape index (κ3) is 7.13. The number of carbonyl (C=O) groups excluding carboxylic acids is 2. The van der Waals surface area contributed by atoms with Gasteiger partial charge in [0, 0.05) is 30.5 Å². The Hall–Kier alpha value is -2.08. The molecule has 0 aliphatic heterocycles. The molecule has 140 valence electrons. The summed E-state index contributed by atoms with van der Waals surface area (Å²) in [6.45, 7) is 12.9. The quantitative estimate of drug-likeness (QED) is 0.681. The smallest absolute Gasteiger partial charge is 0.238 e. The monoisotopic (exact) mass is 348 g/mol. The molecule has 0 fully saturated rings. The highest BCUT2D eigenvalue weighted by atomic mass is 16.2. The fraction of sp³-hybridized carbons (Fsp3) is 0.579. The summed E-state index contributed by atoms with van der Waals surface area (Å²) in [5, 5.41) is 5.64. The van der Waals surface area contributed by atoms with Gasteiger partial charge in [-0.3, -0.25) is 14.5 Å². The number of rotatable bonds is 10. The maximum Gasteiger partial charge on any atom is 0.238 e. The first kappa shape index (κ1) is 21.0. The molecule has 6 nitrogen and oxygen atoms in total. The average Bonchev–Trinajstić information content (AvgIpc) is 2.56. The number of nitrogens with one attached hydrogen (secondary N) is 2. The fourth-order valence-electron chi connectivity index (χ4n) is 2.72. The van der Waals surface area contributed by atoms with Crippen LogP contribution >= 0.6 is 0 Å². The van der Waals surface area contributed by atoms with Crippen molar-refractivity contribution in [2.75, 3.05) is 42.9 Å². The summed E-state index contributed by atoms with van der Waals surface area (Å²) in [5.74, 6) is -0.176. The number of hydrogen-bond donors (Lipinski definition) is 2. The van der Waals surface area contributed by atoms with Gasteiger partial charge in [-0.1, -0.05) is 6.92 Å². The van der Waals surface area contributed by atoms with Crippen molar-refractivity contribution in [2.24, 2.45) is 0 Å². The van der Waals surface area contributed by atoms with Gasteiger partial charge in [0.2, 0.25) is 11.8 Å². The Morgan fingerprint density at radius 3 is 2.04 bits per heavy atom. The molecule has 2 amide bonds. The van der Waals surface area contributed by atoms with Crippen LogP contribution in [0.4, 0.5) is 11.4 Å². The lowest BCUT2D eigenvalue weighted by Crippen LogP contribution is -2.41. The normalized spacial score (nSPS) is 10.8. The lowest BCUT2D eigenvalue weighted by atomic mass is 10.2. The summed E-state index contributed by atoms with van der Waals surface area (Å²) in [4.78, 5) is 28.0. The minimum absolute atomic E-state index is 0.0603. The standard InChI is InChI=1S/C19H32N4O2/c1-6-20-18(24)13-22(7-2)14-19(25)21-16-9-11-17(12-10-16)23(8-3)15(4)5/h9-12,15H,6-8,13-14H2,1-5H3,(H,20,24)(H,21,25). The largest absolute Gasteiger partial charge is 0.369 e. The summed E-state index contributed by atoms with van der Waals surface area (Å²) in [5.41, 5.74) is 1.91. The molecule has 0 atom stereocenters. The predicted octanol–water partition coefficient (Wildman–Crippen LogP) is 2.32. The van der Waals surface area contributed by atoms with Crippen LogP contribution in [0, 0.1) is 0 Å². The summed E-state index contributed by atoms with van der Waals surface area (Å²) in [6, 6.07) is 8.30. The Bertz CT molecular complexity index is 543. The van der Waals surface area contributed by atoms with Crippen molar-refractivity contribution < 1.29 is 9.59 Å². The molecular formula is C19H32N4O2. The molecule has 0 aliphatic rings. The number of amides is 2. The van der Waals surface area contributed by atoms with Crippen LogP contribution in [0.5, 0.6) is 0 Å². The van der Waals surface area contributed by atoms with E-state index >= 15 is 0 Å². The molecule has 0 unspecified atom stereocenters. The predicted molar refractivity (Wildman–Crippen MR) is 104 cm³/mol. The van der Waals surface area contributed by atoms with Gasteiger partial charge >= 0.3 is 0 Å². The molecule has 0 bridgehead atoms. The first-order chi connectivity index (χ1) is 11.9.